The largest absolute Gasteiger partial charge is 0.239 e. The van der Waals surface area contributed by atoms with E-state index in [0.717, 1.165) is 15.9 Å². The predicted octanol–water partition coefficient (Wildman–Crippen LogP) is 3.35. The maximum atomic E-state index is 8.63. The van der Waals surface area contributed by atoms with Crippen LogP contribution in [0.1, 0.15) is 5.69 Å². The molecule has 2 rings (SSSR count). The van der Waals surface area contributed by atoms with Crippen molar-refractivity contribution >= 4 is 27.5 Å². The van der Waals surface area contributed by atoms with E-state index in [1.807, 2.05) is 24.4 Å². The maximum absolute atomic E-state index is 8.63. The van der Waals surface area contributed by atoms with Crippen LogP contribution in [0, 0.1) is 11.3 Å². The zero-order chi connectivity index (χ0) is 11.5. The monoisotopic (exact) mass is 295 g/mol. The molecule has 1 aromatic heterocycles. The molecular weight excluding hydrogens is 289 g/mol. The summed E-state index contributed by atoms with van der Waals surface area (Å²) in [5, 5.41) is 13.6. The Hall–Kier alpha value is -1.31. The highest BCUT2D eigenvalue weighted by molar-refractivity contribution is 9.10. The van der Waals surface area contributed by atoms with Crippen LogP contribution < -0.4 is 0 Å². The first-order valence-corrected chi connectivity index (χ1v) is 5.75. The van der Waals surface area contributed by atoms with Crippen molar-refractivity contribution in [2.75, 3.05) is 0 Å². The summed E-state index contributed by atoms with van der Waals surface area (Å²) >= 11 is 9.26. The minimum Gasteiger partial charge on any atom is -0.239 e. The van der Waals surface area contributed by atoms with Crippen LogP contribution >= 0.6 is 27.5 Å². The van der Waals surface area contributed by atoms with Gasteiger partial charge in [-0.15, -0.1) is 0 Å². The average Bonchev–Trinajstić information content (AvgIpc) is 2.61. The Bertz CT molecular complexity index is 557. The van der Waals surface area contributed by atoms with Crippen molar-refractivity contribution in [3.63, 3.8) is 0 Å². The number of nitriles is 1. The van der Waals surface area contributed by atoms with Gasteiger partial charge in [-0.3, -0.25) is 0 Å². The van der Waals surface area contributed by atoms with Crippen LogP contribution in [-0.4, -0.2) is 9.78 Å². The molecule has 5 heteroatoms. The molecule has 0 N–H and O–H groups in total. The summed E-state index contributed by atoms with van der Waals surface area (Å²) in [6.45, 7) is 0. The van der Waals surface area contributed by atoms with Crippen molar-refractivity contribution in [3.05, 3.63) is 45.7 Å². The van der Waals surface area contributed by atoms with Crippen molar-refractivity contribution in [3.8, 4) is 11.8 Å². The van der Waals surface area contributed by atoms with Gasteiger partial charge in [-0.05, 0) is 34.1 Å². The van der Waals surface area contributed by atoms with Gasteiger partial charge in [0.1, 0.15) is 0 Å². The number of rotatable bonds is 2. The molecule has 2 aromatic rings. The number of halogens is 2. The summed E-state index contributed by atoms with van der Waals surface area (Å²) in [6.07, 6.45) is 2.10. The number of nitrogens with zero attached hydrogens (tertiary/aromatic N) is 3. The number of hydrogen-bond acceptors (Lipinski definition) is 2. The number of benzene rings is 1. The summed E-state index contributed by atoms with van der Waals surface area (Å²) in [5.74, 6) is 0. The Balaban J connectivity index is 2.42. The number of aromatic nitrogens is 2. The van der Waals surface area contributed by atoms with Gasteiger partial charge >= 0.3 is 0 Å². The molecule has 0 aliphatic carbocycles. The van der Waals surface area contributed by atoms with E-state index >= 15 is 0 Å². The molecule has 0 fully saturated rings. The Labute approximate surface area is 106 Å². The van der Waals surface area contributed by atoms with Gasteiger partial charge in [0.15, 0.2) is 0 Å². The van der Waals surface area contributed by atoms with Crippen molar-refractivity contribution in [1.82, 2.24) is 9.78 Å². The fourth-order valence-corrected chi connectivity index (χ4v) is 1.93. The van der Waals surface area contributed by atoms with E-state index in [4.69, 9.17) is 16.9 Å². The average molecular weight is 297 g/mol. The van der Waals surface area contributed by atoms with Crippen molar-refractivity contribution in [1.29, 1.82) is 5.26 Å². The normalized spacial score (nSPS) is 10.1. The molecule has 0 unspecified atom stereocenters. The molecule has 16 heavy (non-hydrogen) atoms. The van der Waals surface area contributed by atoms with Gasteiger partial charge in [0.05, 0.1) is 28.3 Å². The molecule has 0 aliphatic rings. The van der Waals surface area contributed by atoms with Gasteiger partial charge in [-0.2, -0.15) is 10.4 Å². The van der Waals surface area contributed by atoms with Gasteiger partial charge in [-0.1, -0.05) is 17.7 Å². The highest BCUT2D eigenvalue weighted by atomic mass is 79.9. The molecule has 0 saturated heterocycles. The highest BCUT2D eigenvalue weighted by Crippen LogP contribution is 2.20. The van der Waals surface area contributed by atoms with Gasteiger partial charge < -0.3 is 0 Å². The predicted molar refractivity (Wildman–Crippen MR) is 65.6 cm³/mol. The lowest BCUT2D eigenvalue weighted by atomic mass is 10.3. The minimum absolute atomic E-state index is 0.286. The lowest BCUT2D eigenvalue weighted by Crippen LogP contribution is -1.95. The van der Waals surface area contributed by atoms with Crippen LogP contribution in [-0.2, 0) is 6.42 Å². The topological polar surface area (TPSA) is 41.6 Å². The molecule has 0 saturated carbocycles. The Morgan fingerprint density at radius 3 is 3.00 bits per heavy atom. The Kier molecular flexibility index (Phi) is 3.28. The van der Waals surface area contributed by atoms with Crippen molar-refractivity contribution in [2.24, 2.45) is 0 Å². The molecular formula is C11H7BrClN3. The molecule has 0 aliphatic heterocycles. The first kappa shape index (κ1) is 11.2. The van der Waals surface area contributed by atoms with Gasteiger partial charge in [0.2, 0.25) is 0 Å². The van der Waals surface area contributed by atoms with Crippen LogP contribution in [0.2, 0.25) is 5.02 Å². The quantitative estimate of drug-likeness (QED) is 0.853. The molecule has 80 valence electrons. The molecule has 0 spiro atoms. The SMILES string of the molecule is N#CCc1nn(-c2cccc(Cl)c2)cc1Br. The fraction of sp³-hybridized carbons (Fsp3) is 0.0909. The van der Waals surface area contributed by atoms with Crippen molar-refractivity contribution < 1.29 is 0 Å². The van der Waals surface area contributed by atoms with E-state index in [0.29, 0.717) is 5.02 Å². The summed E-state index contributed by atoms with van der Waals surface area (Å²) in [7, 11) is 0. The third kappa shape index (κ3) is 2.26. The second-order valence-corrected chi connectivity index (χ2v) is 4.47. The zero-order valence-electron chi connectivity index (χ0n) is 8.19. The third-order valence-electron chi connectivity index (χ3n) is 2.06. The Morgan fingerprint density at radius 2 is 2.31 bits per heavy atom. The molecule has 1 aromatic carbocycles. The van der Waals surface area contributed by atoms with E-state index < -0.39 is 0 Å². The second kappa shape index (κ2) is 4.69. The molecule has 0 radical (unpaired) electrons. The van der Waals surface area contributed by atoms with Crippen LogP contribution in [0.25, 0.3) is 5.69 Å². The fourth-order valence-electron chi connectivity index (χ4n) is 1.33. The summed E-state index contributed by atoms with van der Waals surface area (Å²) in [4.78, 5) is 0. The molecule has 0 bridgehead atoms. The van der Waals surface area contributed by atoms with E-state index in [2.05, 4.69) is 27.1 Å². The first-order chi connectivity index (χ1) is 7.70. The summed E-state index contributed by atoms with van der Waals surface area (Å²) in [6, 6.07) is 9.45. The van der Waals surface area contributed by atoms with Crippen LogP contribution in [0.3, 0.4) is 0 Å². The zero-order valence-corrected chi connectivity index (χ0v) is 10.5. The van der Waals surface area contributed by atoms with Gasteiger partial charge in [-0.25, -0.2) is 4.68 Å². The van der Waals surface area contributed by atoms with Gasteiger partial charge in [0.25, 0.3) is 0 Å². The lowest BCUT2D eigenvalue weighted by molar-refractivity contribution is 0.853. The summed E-state index contributed by atoms with van der Waals surface area (Å²) < 4.78 is 2.52. The van der Waals surface area contributed by atoms with E-state index in [9.17, 15) is 0 Å². The van der Waals surface area contributed by atoms with Crippen molar-refractivity contribution in [2.45, 2.75) is 6.42 Å². The maximum Gasteiger partial charge on any atom is 0.0911 e. The van der Waals surface area contributed by atoms with E-state index in [-0.39, 0.29) is 6.42 Å². The van der Waals surface area contributed by atoms with Gasteiger partial charge in [0, 0.05) is 11.2 Å². The van der Waals surface area contributed by atoms with E-state index in [1.54, 1.807) is 10.7 Å². The summed E-state index contributed by atoms with van der Waals surface area (Å²) in [5.41, 5.74) is 1.60. The van der Waals surface area contributed by atoms with Crippen LogP contribution in [0.5, 0.6) is 0 Å². The Morgan fingerprint density at radius 1 is 1.50 bits per heavy atom. The molecule has 3 nitrogen and oxygen atoms in total. The molecule has 0 amide bonds. The highest BCUT2D eigenvalue weighted by Gasteiger charge is 2.07. The minimum atomic E-state index is 0.286. The smallest absolute Gasteiger partial charge is 0.0911 e. The molecule has 0 atom stereocenters. The van der Waals surface area contributed by atoms with Crippen LogP contribution in [0.15, 0.2) is 34.9 Å². The van der Waals surface area contributed by atoms with Crippen LogP contribution in [0.4, 0.5) is 0 Å². The first-order valence-electron chi connectivity index (χ1n) is 4.57. The lowest BCUT2D eigenvalue weighted by Gasteiger charge is -2.00. The second-order valence-electron chi connectivity index (χ2n) is 3.18. The standard InChI is InChI=1S/C11H7BrClN3/c12-10-7-16(15-11(10)4-5-14)9-3-1-2-8(13)6-9/h1-3,6-7H,4H2. The number of hydrogen-bond donors (Lipinski definition) is 0. The van der Waals surface area contributed by atoms with E-state index in [1.165, 1.54) is 0 Å². The third-order valence-corrected chi connectivity index (χ3v) is 2.96. The molecule has 1 heterocycles.